The van der Waals surface area contributed by atoms with Gasteiger partial charge in [0.05, 0.1) is 5.92 Å². The first-order chi connectivity index (χ1) is 16.2. The Morgan fingerprint density at radius 1 is 1.06 bits per heavy atom. The molecule has 1 atom stereocenters. The van der Waals surface area contributed by atoms with Gasteiger partial charge in [-0.2, -0.15) is 4.31 Å². The van der Waals surface area contributed by atoms with E-state index in [0.717, 1.165) is 44.2 Å². The normalized spacial score (nSPS) is 20.2. The third-order valence-electron chi connectivity index (χ3n) is 6.69. The maximum Gasteiger partial charge on any atom is 0.272 e. The summed E-state index contributed by atoms with van der Waals surface area (Å²) in [5.74, 6) is -0.702. The topological polar surface area (TPSA) is 118 Å². The molecule has 2 aromatic rings. The fraction of sp³-hybridized carbons (Fsp3) is 0.500. The average molecular weight is 488 g/mol. The minimum Gasteiger partial charge on any atom is -0.369 e. The lowest BCUT2D eigenvalue weighted by molar-refractivity contribution is -0.123. The van der Waals surface area contributed by atoms with E-state index in [1.165, 1.54) is 16.6 Å². The third-order valence-corrected chi connectivity index (χ3v) is 8.56. The van der Waals surface area contributed by atoms with Crippen molar-refractivity contribution in [3.05, 3.63) is 47.8 Å². The van der Waals surface area contributed by atoms with Crippen LogP contribution < -0.4 is 11.1 Å². The number of likely N-dealkylation sites (tertiary alicyclic amines) is 1. The number of benzene rings is 1. The minimum atomic E-state index is -3.60. The summed E-state index contributed by atoms with van der Waals surface area (Å²) in [4.78, 5) is 26.7. The summed E-state index contributed by atoms with van der Waals surface area (Å²) in [6, 6.07) is 8.99. The van der Waals surface area contributed by atoms with E-state index in [2.05, 4.69) is 10.2 Å². The molecule has 4 rings (SSSR count). The largest absolute Gasteiger partial charge is 0.369 e. The Kier molecular flexibility index (Phi) is 7.39. The summed E-state index contributed by atoms with van der Waals surface area (Å²) < 4.78 is 28.9. The number of carbonyl (C=O) groups excluding carboxylic acids is 2. The van der Waals surface area contributed by atoms with Crippen LogP contribution >= 0.6 is 0 Å². The molecular formula is C24H33N5O4S. The highest BCUT2D eigenvalue weighted by atomic mass is 32.2. The first-order valence-electron chi connectivity index (χ1n) is 11.8. The number of nitrogens with one attached hydrogen (secondary N) is 1. The molecule has 0 aliphatic carbocycles. The van der Waals surface area contributed by atoms with E-state index in [1.807, 2.05) is 24.3 Å². The van der Waals surface area contributed by atoms with E-state index in [0.29, 0.717) is 31.9 Å². The summed E-state index contributed by atoms with van der Waals surface area (Å²) >= 11 is 0. The zero-order valence-corrected chi connectivity index (χ0v) is 20.4. The monoisotopic (exact) mass is 487 g/mol. The van der Waals surface area contributed by atoms with Gasteiger partial charge in [0.2, 0.25) is 15.9 Å². The van der Waals surface area contributed by atoms with Crippen molar-refractivity contribution >= 4 is 27.5 Å². The summed E-state index contributed by atoms with van der Waals surface area (Å²) in [6.45, 7) is 3.35. The van der Waals surface area contributed by atoms with Gasteiger partial charge >= 0.3 is 0 Å². The highest BCUT2D eigenvalue weighted by Gasteiger charge is 2.28. The van der Waals surface area contributed by atoms with Crippen molar-refractivity contribution in [2.45, 2.75) is 43.5 Å². The number of primary amides is 1. The number of sulfonamides is 1. The number of amides is 2. The molecule has 34 heavy (non-hydrogen) atoms. The maximum absolute atomic E-state index is 12.9. The second-order valence-electron chi connectivity index (χ2n) is 9.26. The number of hydrogen-bond donors (Lipinski definition) is 2. The molecule has 2 amide bonds. The Morgan fingerprint density at radius 2 is 1.76 bits per heavy atom. The highest BCUT2D eigenvalue weighted by Crippen LogP contribution is 2.23. The number of hydrogen-bond acceptors (Lipinski definition) is 5. The van der Waals surface area contributed by atoms with Crippen LogP contribution in [0.2, 0.25) is 0 Å². The van der Waals surface area contributed by atoms with Crippen LogP contribution in [0.5, 0.6) is 0 Å². The molecule has 10 heteroatoms. The van der Waals surface area contributed by atoms with Gasteiger partial charge in [0.15, 0.2) is 0 Å². The molecule has 2 fully saturated rings. The predicted molar refractivity (Wildman–Crippen MR) is 130 cm³/mol. The number of nitrogens with two attached hydrogens (primary N) is 1. The smallest absolute Gasteiger partial charge is 0.272 e. The number of anilines is 1. The Hall–Kier alpha value is -2.69. The van der Waals surface area contributed by atoms with Gasteiger partial charge in [-0.25, -0.2) is 8.42 Å². The van der Waals surface area contributed by atoms with Crippen molar-refractivity contribution in [2.24, 2.45) is 18.7 Å². The maximum atomic E-state index is 12.9. The quantitative estimate of drug-likeness (QED) is 0.621. The third kappa shape index (κ3) is 5.51. The SMILES string of the molecule is Cn1cc(S(=O)(=O)N2CCCCC2)cc1C(=O)Nc1ccc(CN2CCC[C@@H](C(N)=O)C2)cc1. The zero-order chi connectivity index (χ0) is 24.3. The molecule has 3 heterocycles. The van der Waals surface area contributed by atoms with E-state index in [9.17, 15) is 18.0 Å². The molecule has 0 saturated carbocycles. The van der Waals surface area contributed by atoms with Gasteiger partial charge in [0.1, 0.15) is 10.6 Å². The van der Waals surface area contributed by atoms with Crippen molar-refractivity contribution in [1.29, 1.82) is 0 Å². The molecule has 3 N–H and O–H groups in total. The Morgan fingerprint density at radius 3 is 2.44 bits per heavy atom. The molecule has 2 saturated heterocycles. The van der Waals surface area contributed by atoms with Crippen molar-refractivity contribution in [3.63, 3.8) is 0 Å². The van der Waals surface area contributed by atoms with Crippen LogP contribution in [-0.4, -0.2) is 60.2 Å². The van der Waals surface area contributed by atoms with Crippen molar-refractivity contribution in [1.82, 2.24) is 13.8 Å². The molecule has 0 spiro atoms. The molecule has 2 aliphatic heterocycles. The van der Waals surface area contributed by atoms with Crippen LogP contribution in [0, 0.1) is 5.92 Å². The van der Waals surface area contributed by atoms with Crippen LogP contribution in [0.3, 0.4) is 0 Å². The fourth-order valence-electron chi connectivity index (χ4n) is 4.73. The van der Waals surface area contributed by atoms with Gasteiger partial charge < -0.3 is 15.6 Å². The number of piperidine rings is 2. The van der Waals surface area contributed by atoms with Crippen LogP contribution in [0.1, 0.15) is 48.2 Å². The highest BCUT2D eigenvalue weighted by molar-refractivity contribution is 7.89. The fourth-order valence-corrected chi connectivity index (χ4v) is 6.32. The summed E-state index contributed by atoms with van der Waals surface area (Å²) in [6.07, 6.45) is 6.06. The molecular weight excluding hydrogens is 454 g/mol. The van der Waals surface area contributed by atoms with Crippen LogP contribution in [0.25, 0.3) is 0 Å². The van der Waals surface area contributed by atoms with Crippen LogP contribution in [0.15, 0.2) is 41.4 Å². The van der Waals surface area contributed by atoms with E-state index in [-0.39, 0.29) is 28.3 Å². The number of carbonyl (C=O) groups is 2. The predicted octanol–water partition coefficient (Wildman–Crippen LogP) is 2.15. The first-order valence-corrected chi connectivity index (χ1v) is 13.3. The molecule has 0 radical (unpaired) electrons. The standard InChI is InChI=1S/C24H33N5O4S/c1-27-17-21(34(32,33)29-12-3-2-4-13-29)14-22(27)24(31)26-20-9-7-18(8-10-20)15-28-11-5-6-19(16-28)23(25)30/h7-10,14,17,19H,2-6,11-13,15-16H2,1H3,(H2,25,30)(H,26,31)/t19-/m1/s1. The number of aryl methyl sites for hydroxylation is 1. The molecule has 9 nitrogen and oxygen atoms in total. The van der Waals surface area contributed by atoms with Crippen molar-refractivity contribution in [2.75, 3.05) is 31.5 Å². The Labute approximate surface area is 200 Å². The van der Waals surface area contributed by atoms with E-state index >= 15 is 0 Å². The van der Waals surface area contributed by atoms with E-state index in [1.54, 1.807) is 11.6 Å². The molecule has 0 unspecified atom stereocenters. The number of rotatable bonds is 7. The second kappa shape index (κ2) is 10.3. The summed E-state index contributed by atoms with van der Waals surface area (Å²) in [7, 11) is -1.93. The minimum absolute atomic E-state index is 0.0961. The first kappa shape index (κ1) is 24.4. The van der Waals surface area contributed by atoms with Crippen molar-refractivity contribution in [3.8, 4) is 0 Å². The van der Waals surface area contributed by atoms with Gasteiger partial charge in [0.25, 0.3) is 5.91 Å². The molecule has 2 aliphatic rings. The lowest BCUT2D eigenvalue weighted by atomic mass is 9.97. The van der Waals surface area contributed by atoms with Gasteiger partial charge in [-0.1, -0.05) is 18.6 Å². The Bertz CT molecular complexity index is 1140. The lowest BCUT2D eigenvalue weighted by Crippen LogP contribution is -2.40. The van der Waals surface area contributed by atoms with Crippen LogP contribution in [0.4, 0.5) is 5.69 Å². The van der Waals surface area contributed by atoms with Crippen molar-refractivity contribution < 1.29 is 18.0 Å². The molecule has 184 valence electrons. The van der Waals surface area contributed by atoms with Gasteiger partial charge in [-0.3, -0.25) is 14.5 Å². The Balaban J connectivity index is 1.39. The number of aromatic nitrogens is 1. The second-order valence-corrected chi connectivity index (χ2v) is 11.2. The van der Waals surface area contributed by atoms with Gasteiger partial charge in [-0.05, 0) is 56.0 Å². The molecule has 1 aromatic heterocycles. The average Bonchev–Trinajstić information content (AvgIpc) is 3.24. The number of nitrogens with zero attached hydrogens (tertiary/aromatic N) is 3. The van der Waals surface area contributed by atoms with Crippen LogP contribution in [-0.2, 0) is 28.4 Å². The summed E-state index contributed by atoms with van der Waals surface area (Å²) in [5.41, 5.74) is 7.46. The molecule has 1 aromatic carbocycles. The zero-order valence-electron chi connectivity index (χ0n) is 19.6. The lowest BCUT2D eigenvalue weighted by Gasteiger charge is -2.31. The van der Waals surface area contributed by atoms with E-state index in [4.69, 9.17) is 5.73 Å². The summed E-state index contributed by atoms with van der Waals surface area (Å²) in [5, 5.41) is 2.85. The van der Waals surface area contributed by atoms with E-state index < -0.39 is 10.0 Å². The van der Waals surface area contributed by atoms with Gasteiger partial charge in [0, 0.05) is 45.1 Å². The molecule has 0 bridgehead atoms. The van der Waals surface area contributed by atoms with Gasteiger partial charge in [-0.15, -0.1) is 0 Å².